The molecule has 0 fully saturated rings. The smallest absolute Gasteiger partial charge is 0.141 e. The Morgan fingerprint density at radius 1 is 0.385 bits per heavy atom. The molecule has 0 spiro atoms. The van der Waals surface area contributed by atoms with Gasteiger partial charge in [0.15, 0.2) is 0 Å². The lowest BCUT2D eigenvalue weighted by Gasteiger charge is -2.50. The highest BCUT2D eigenvalue weighted by atomic mass is 15.2. The van der Waals surface area contributed by atoms with E-state index in [0.717, 1.165) is 28.7 Å². The maximum atomic E-state index is 5.21. The molecule has 0 unspecified atom stereocenters. The monoisotopic (exact) mass is 854 g/mol. The molecule has 2 aromatic heterocycles. The van der Waals surface area contributed by atoms with Gasteiger partial charge in [0.1, 0.15) is 11.6 Å². The van der Waals surface area contributed by atoms with Crippen LogP contribution in [-0.4, -0.2) is 9.97 Å². The van der Waals surface area contributed by atoms with E-state index in [2.05, 4.69) is 227 Å². The molecule has 5 nitrogen and oxygen atoms in total. The largest absolute Gasteiger partial charge is 0.310 e. The Morgan fingerprint density at radius 2 is 0.754 bits per heavy atom. The first-order valence-electron chi connectivity index (χ1n) is 23.6. The predicted molar refractivity (Wildman–Crippen MR) is 272 cm³/mol. The van der Waals surface area contributed by atoms with Crippen LogP contribution in [0, 0.1) is 0 Å². The Bertz CT molecular complexity index is 2910. The zero-order chi connectivity index (χ0) is 46.0. The fraction of sp³-hybridized carbons (Fsp3) is 0.333. The lowest BCUT2D eigenvalue weighted by molar-refractivity contribution is 0.562. The molecule has 0 N–H and O–H groups in total. The second kappa shape index (κ2) is 13.2. The SMILES string of the molecule is CC(C)(C)c1cc2c3c(c1)C(C)(C)c1cccnc1N3c1cc(N(c3ccccc3)c3ccc4c(c3)N3c5ncccc5C(C)(C)c5cc(C(C)(C)C)cc(c53)C4(C)C)ccc1C2(C)C. The van der Waals surface area contributed by atoms with Gasteiger partial charge in [-0.3, -0.25) is 9.80 Å². The average Bonchev–Trinajstić information content (AvgIpc) is 3.25. The second-order valence-electron chi connectivity index (χ2n) is 23.3. The number of hydrogen-bond donors (Lipinski definition) is 0. The van der Waals surface area contributed by atoms with E-state index in [1.807, 2.05) is 12.4 Å². The van der Waals surface area contributed by atoms with Crippen LogP contribution in [0.5, 0.6) is 0 Å². The molecule has 0 saturated carbocycles. The maximum Gasteiger partial charge on any atom is 0.141 e. The van der Waals surface area contributed by atoms with Crippen LogP contribution in [0.4, 0.5) is 51.4 Å². The first-order valence-corrected chi connectivity index (χ1v) is 23.6. The van der Waals surface area contributed by atoms with Gasteiger partial charge in [-0.25, -0.2) is 9.97 Å². The Kier molecular flexibility index (Phi) is 8.44. The molecule has 4 aliphatic heterocycles. The summed E-state index contributed by atoms with van der Waals surface area (Å²) in [5.41, 5.74) is 20.3. The quantitative estimate of drug-likeness (QED) is 0.177. The van der Waals surface area contributed by atoms with E-state index in [1.165, 1.54) is 78.4 Å². The third-order valence-electron chi connectivity index (χ3n) is 15.8. The van der Waals surface area contributed by atoms with Crippen LogP contribution in [0.2, 0.25) is 0 Å². The lowest BCUT2D eigenvalue weighted by Crippen LogP contribution is -2.39. The summed E-state index contributed by atoms with van der Waals surface area (Å²) in [6.07, 6.45) is 3.92. The molecule has 0 saturated heterocycles. The number of nitrogens with zero attached hydrogens (tertiary/aromatic N) is 5. The van der Waals surface area contributed by atoms with Gasteiger partial charge in [-0.15, -0.1) is 0 Å². The van der Waals surface area contributed by atoms with Crippen molar-refractivity contribution >= 4 is 51.4 Å². The van der Waals surface area contributed by atoms with E-state index >= 15 is 0 Å². The summed E-state index contributed by atoms with van der Waals surface area (Å²) in [5.74, 6) is 2.02. The molecule has 328 valence electrons. The van der Waals surface area contributed by atoms with Gasteiger partial charge in [-0.05, 0) is 104 Å². The van der Waals surface area contributed by atoms with Gasteiger partial charge < -0.3 is 4.90 Å². The van der Waals surface area contributed by atoms with E-state index in [0.29, 0.717) is 0 Å². The molecule has 5 heteroatoms. The van der Waals surface area contributed by atoms with Crippen molar-refractivity contribution in [1.29, 1.82) is 0 Å². The Morgan fingerprint density at radius 3 is 1.12 bits per heavy atom. The number of rotatable bonds is 3. The summed E-state index contributed by atoms with van der Waals surface area (Å²) >= 11 is 0. The number of anilines is 9. The molecular formula is C60H63N5. The van der Waals surface area contributed by atoms with E-state index in [9.17, 15) is 0 Å². The van der Waals surface area contributed by atoms with Gasteiger partial charge in [-0.1, -0.05) is 164 Å². The van der Waals surface area contributed by atoms with Gasteiger partial charge >= 0.3 is 0 Å². The van der Waals surface area contributed by atoms with Crippen LogP contribution in [0.25, 0.3) is 0 Å². The Hall–Kier alpha value is -6.20. The Labute approximate surface area is 387 Å². The number of fused-ring (bicyclic) bond motifs is 8. The molecule has 0 aliphatic carbocycles. The summed E-state index contributed by atoms with van der Waals surface area (Å²) in [6, 6.07) is 43.9. The minimum atomic E-state index is -0.270. The van der Waals surface area contributed by atoms with Crippen LogP contribution in [-0.2, 0) is 32.5 Å². The molecule has 7 aromatic rings. The second-order valence-corrected chi connectivity index (χ2v) is 23.3. The predicted octanol–water partition coefficient (Wildman–Crippen LogP) is 16.0. The van der Waals surface area contributed by atoms with Crippen molar-refractivity contribution in [3.63, 3.8) is 0 Å². The minimum absolute atomic E-state index is 0.0102. The van der Waals surface area contributed by atoms with Crippen molar-refractivity contribution < 1.29 is 0 Å². The summed E-state index contributed by atoms with van der Waals surface area (Å²) in [4.78, 5) is 17.8. The molecular weight excluding hydrogens is 791 g/mol. The van der Waals surface area contributed by atoms with Crippen molar-refractivity contribution in [2.75, 3.05) is 14.7 Å². The fourth-order valence-corrected chi connectivity index (χ4v) is 11.7. The number of pyridine rings is 2. The molecule has 5 aromatic carbocycles. The van der Waals surface area contributed by atoms with Crippen molar-refractivity contribution in [3.05, 3.63) is 183 Å². The highest BCUT2D eigenvalue weighted by Gasteiger charge is 2.49. The first-order chi connectivity index (χ1) is 30.5. The van der Waals surface area contributed by atoms with E-state index in [-0.39, 0.29) is 32.5 Å². The van der Waals surface area contributed by atoms with Gasteiger partial charge in [0.05, 0.1) is 22.7 Å². The van der Waals surface area contributed by atoms with Gasteiger partial charge in [0.25, 0.3) is 0 Å². The van der Waals surface area contributed by atoms with Gasteiger partial charge in [0.2, 0.25) is 0 Å². The van der Waals surface area contributed by atoms with E-state index in [1.54, 1.807) is 0 Å². The molecule has 65 heavy (non-hydrogen) atoms. The summed E-state index contributed by atoms with van der Waals surface area (Å²) in [7, 11) is 0. The van der Waals surface area contributed by atoms with Crippen LogP contribution in [0.1, 0.15) is 153 Å². The minimum Gasteiger partial charge on any atom is -0.310 e. The van der Waals surface area contributed by atoms with Crippen LogP contribution in [0.15, 0.2) is 128 Å². The average molecular weight is 854 g/mol. The molecule has 0 bridgehead atoms. The zero-order valence-corrected chi connectivity index (χ0v) is 40.9. The molecule has 0 amide bonds. The number of benzene rings is 5. The van der Waals surface area contributed by atoms with Crippen molar-refractivity contribution in [1.82, 2.24) is 9.97 Å². The summed E-state index contributed by atoms with van der Waals surface area (Å²) < 4.78 is 0. The first kappa shape index (κ1) is 41.5. The molecule has 6 heterocycles. The number of para-hydroxylation sites is 1. The van der Waals surface area contributed by atoms with Crippen LogP contribution in [0.3, 0.4) is 0 Å². The van der Waals surface area contributed by atoms with Gasteiger partial charge in [-0.2, -0.15) is 0 Å². The van der Waals surface area contributed by atoms with Crippen LogP contribution >= 0.6 is 0 Å². The van der Waals surface area contributed by atoms with Gasteiger partial charge in [0, 0.05) is 62.2 Å². The fourth-order valence-electron chi connectivity index (χ4n) is 11.7. The van der Waals surface area contributed by atoms with Crippen molar-refractivity contribution in [3.8, 4) is 0 Å². The standard InChI is InChI=1S/C60H63N5/c1-55(2,3)36-30-45-51-47(32-36)59(11,12)43-22-18-28-61-53(43)64(51)49-34-39(24-26-41(49)57(45,7)8)63(38-20-16-15-17-21-38)40-25-27-42-50(35-40)65-52-46(58(42,9)10)31-37(56(4,5)6)33-48(52)60(13,14)44-23-19-29-62-54(44)65/h15-35H,1-14H3. The lowest BCUT2D eigenvalue weighted by atomic mass is 9.65. The van der Waals surface area contributed by atoms with Crippen molar-refractivity contribution in [2.24, 2.45) is 0 Å². The summed E-state index contributed by atoms with van der Waals surface area (Å²) in [6.45, 7) is 33.2. The highest BCUT2D eigenvalue weighted by Crippen LogP contribution is 2.63. The molecule has 0 radical (unpaired) electrons. The maximum absolute atomic E-state index is 5.21. The number of aromatic nitrogens is 2. The molecule has 4 aliphatic rings. The van der Waals surface area contributed by atoms with E-state index < -0.39 is 0 Å². The number of hydrogen-bond acceptors (Lipinski definition) is 5. The zero-order valence-electron chi connectivity index (χ0n) is 40.9. The summed E-state index contributed by atoms with van der Waals surface area (Å²) in [5, 5.41) is 0. The molecule has 11 rings (SSSR count). The van der Waals surface area contributed by atoms with Crippen LogP contribution < -0.4 is 14.7 Å². The normalized spacial score (nSPS) is 17.5. The van der Waals surface area contributed by atoms with Crippen molar-refractivity contribution in [2.45, 2.75) is 129 Å². The molecule has 0 atom stereocenters. The topological polar surface area (TPSA) is 35.5 Å². The third-order valence-corrected chi connectivity index (χ3v) is 15.8. The third kappa shape index (κ3) is 5.69. The Balaban J connectivity index is 1.15. The van der Waals surface area contributed by atoms with E-state index in [4.69, 9.17) is 9.97 Å². The highest BCUT2D eigenvalue weighted by molar-refractivity contribution is 5.96.